The van der Waals surface area contributed by atoms with Gasteiger partial charge in [-0.15, -0.1) is 0 Å². The molecule has 1 atom stereocenters. The van der Waals surface area contributed by atoms with Gasteiger partial charge in [-0.05, 0) is 43.3 Å². The van der Waals surface area contributed by atoms with Crippen LogP contribution in [0.15, 0.2) is 47.4 Å². The Morgan fingerprint density at radius 2 is 1.55 bits per heavy atom. The minimum Gasteiger partial charge on any atom is -0.493 e. The molecule has 10 heteroatoms. The highest BCUT2D eigenvalue weighted by atomic mass is 32.2. The zero-order valence-corrected chi connectivity index (χ0v) is 17.2. The molecule has 0 aliphatic carbocycles. The number of ether oxygens (including phenoxy) is 3. The Balaban J connectivity index is 2.09. The lowest BCUT2D eigenvalue weighted by Crippen LogP contribution is -2.41. The number of methoxy groups -OCH3 is 3. The first-order valence-electron chi connectivity index (χ1n) is 8.45. The Labute approximate surface area is 169 Å². The van der Waals surface area contributed by atoms with E-state index < -0.39 is 27.9 Å². The van der Waals surface area contributed by atoms with Crippen LogP contribution in [0.25, 0.3) is 0 Å². The molecule has 2 rings (SSSR count). The van der Waals surface area contributed by atoms with Crippen LogP contribution in [0, 0.1) is 0 Å². The summed E-state index contributed by atoms with van der Waals surface area (Å²) in [5.74, 6) is -0.440. The molecule has 0 spiro atoms. The molecule has 156 valence electrons. The maximum atomic E-state index is 12.6. The number of esters is 1. The van der Waals surface area contributed by atoms with Crippen molar-refractivity contribution >= 4 is 27.6 Å². The smallest absolute Gasteiger partial charge is 0.337 e. The maximum Gasteiger partial charge on any atom is 0.337 e. The fourth-order valence-electron chi connectivity index (χ4n) is 2.40. The van der Waals surface area contributed by atoms with Crippen LogP contribution >= 0.6 is 0 Å². The van der Waals surface area contributed by atoms with Gasteiger partial charge in [-0.25, -0.2) is 13.2 Å². The topological polar surface area (TPSA) is 120 Å². The molecule has 0 fully saturated rings. The fourth-order valence-corrected chi connectivity index (χ4v) is 3.61. The highest BCUT2D eigenvalue weighted by Crippen LogP contribution is 2.29. The molecule has 0 aliphatic heterocycles. The summed E-state index contributed by atoms with van der Waals surface area (Å²) in [4.78, 5) is 23.7. The van der Waals surface area contributed by atoms with Gasteiger partial charge in [0.05, 0.1) is 37.8 Å². The van der Waals surface area contributed by atoms with Crippen LogP contribution in [0.4, 0.5) is 5.69 Å². The summed E-state index contributed by atoms with van der Waals surface area (Å²) >= 11 is 0. The highest BCUT2D eigenvalue weighted by Gasteiger charge is 2.23. The van der Waals surface area contributed by atoms with Crippen molar-refractivity contribution in [2.24, 2.45) is 0 Å². The summed E-state index contributed by atoms with van der Waals surface area (Å²) in [5.41, 5.74) is 0.729. The van der Waals surface area contributed by atoms with Gasteiger partial charge < -0.3 is 19.5 Å². The second-order valence-corrected chi connectivity index (χ2v) is 7.63. The highest BCUT2D eigenvalue weighted by molar-refractivity contribution is 7.89. The Kier molecular flexibility index (Phi) is 7.18. The second-order valence-electron chi connectivity index (χ2n) is 5.92. The molecule has 9 nitrogen and oxygen atoms in total. The lowest BCUT2D eigenvalue weighted by atomic mass is 10.2. The van der Waals surface area contributed by atoms with Gasteiger partial charge in [0.2, 0.25) is 15.9 Å². The molecular formula is C19H22N2O7S. The van der Waals surface area contributed by atoms with E-state index in [1.807, 2.05) is 0 Å². The van der Waals surface area contributed by atoms with E-state index >= 15 is 0 Å². The van der Waals surface area contributed by atoms with Crippen molar-refractivity contribution in [3.63, 3.8) is 0 Å². The first kappa shape index (κ1) is 22.2. The van der Waals surface area contributed by atoms with E-state index in [1.54, 1.807) is 0 Å². The number of rotatable bonds is 8. The third-order valence-electron chi connectivity index (χ3n) is 3.96. The Hall–Kier alpha value is -3.11. The molecule has 0 heterocycles. The van der Waals surface area contributed by atoms with Crippen molar-refractivity contribution in [2.75, 3.05) is 26.6 Å². The molecule has 0 radical (unpaired) electrons. The van der Waals surface area contributed by atoms with Gasteiger partial charge in [-0.1, -0.05) is 0 Å². The number of amides is 1. The van der Waals surface area contributed by atoms with E-state index in [9.17, 15) is 18.0 Å². The van der Waals surface area contributed by atoms with Crippen LogP contribution in [-0.4, -0.2) is 47.7 Å². The monoisotopic (exact) mass is 422 g/mol. The number of carbonyl (C=O) groups excluding carboxylic acids is 2. The number of carbonyl (C=O) groups is 2. The third-order valence-corrected chi connectivity index (χ3v) is 5.50. The number of nitrogens with one attached hydrogen (secondary N) is 2. The molecule has 29 heavy (non-hydrogen) atoms. The number of hydrogen-bond acceptors (Lipinski definition) is 7. The van der Waals surface area contributed by atoms with Crippen molar-refractivity contribution < 1.29 is 32.2 Å². The van der Waals surface area contributed by atoms with E-state index in [0.717, 1.165) is 0 Å². The lowest BCUT2D eigenvalue weighted by molar-refractivity contribution is -0.117. The molecule has 2 aromatic carbocycles. The van der Waals surface area contributed by atoms with E-state index in [4.69, 9.17) is 9.47 Å². The average molecular weight is 422 g/mol. The Bertz CT molecular complexity index is 988. The van der Waals surface area contributed by atoms with E-state index in [1.165, 1.54) is 70.7 Å². The number of anilines is 1. The van der Waals surface area contributed by atoms with Gasteiger partial charge in [0.1, 0.15) is 0 Å². The van der Waals surface area contributed by atoms with Crippen LogP contribution in [0.1, 0.15) is 17.3 Å². The summed E-state index contributed by atoms with van der Waals surface area (Å²) < 4.78 is 42.3. The molecule has 0 saturated heterocycles. The Morgan fingerprint density at radius 3 is 2.10 bits per heavy atom. The quantitative estimate of drug-likeness (QED) is 0.622. The zero-order valence-electron chi connectivity index (χ0n) is 16.4. The van der Waals surface area contributed by atoms with Gasteiger partial charge in [-0.3, -0.25) is 4.79 Å². The van der Waals surface area contributed by atoms with Crippen LogP contribution in [0.2, 0.25) is 0 Å². The molecule has 2 aromatic rings. The van der Waals surface area contributed by atoms with Gasteiger partial charge in [0, 0.05) is 11.8 Å². The number of benzene rings is 2. The van der Waals surface area contributed by atoms with Crippen LogP contribution in [0.5, 0.6) is 11.5 Å². The molecule has 0 aliphatic rings. The third kappa shape index (κ3) is 5.46. The van der Waals surface area contributed by atoms with Crippen LogP contribution < -0.4 is 19.5 Å². The fraction of sp³-hybridized carbons (Fsp3) is 0.263. The molecule has 1 amide bonds. The maximum absolute atomic E-state index is 12.6. The van der Waals surface area contributed by atoms with Gasteiger partial charge in [-0.2, -0.15) is 4.72 Å². The van der Waals surface area contributed by atoms with Crippen molar-refractivity contribution in [1.29, 1.82) is 0 Å². The zero-order chi connectivity index (χ0) is 21.6. The number of hydrogen-bond donors (Lipinski definition) is 2. The summed E-state index contributed by atoms with van der Waals surface area (Å²) in [6, 6.07) is 9.05. The lowest BCUT2D eigenvalue weighted by Gasteiger charge is -2.15. The predicted octanol–water partition coefficient (Wildman–Crippen LogP) is 1.80. The van der Waals surface area contributed by atoms with E-state index in [2.05, 4.69) is 14.8 Å². The van der Waals surface area contributed by atoms with Gasteiger partial charge >= 0.3 is 5.97 Å². The van der Waals surface area contributed by atoms with Gasteiger partial charge in [0.15, 0.2) is 11.5 Å². The first-order valence-corrected chi connectivity index (χ1v) is 9.93. The van der Waals surface area contributed by atoms with Crippen molar-refractivity contribution in [2.45, 2.75) is 17.9 Å². The second kappa shape index (κ2) is 9.39. The molecule has 0 bridgehead atoms. The molecule has 0 saturated carbocycles. The van der Waals surface area contributed by atoms with Crippen LogP contribution in [-0.2, 0) is 19.6 Å². The van der Waals surface area contributed by atoms with Crippen molar-refractivity contribution in [3.05, 3.63) is 48.0 Å². The van der Waals surface area contributed by atoms with Gasteiger partial charge in [0.25, 0.3) is 0 Å². The summed E-state index contributed by atoms with van der Waals surface area (Å²) in [7, 11) is 0.116. The largest absolute Gasteiger partial charge is 0.493 e. The van der Waals surface area contributed by atoms with Crippen molar-refractivity contribution in [3.8, 4) is 11.5 Å². The standard InChI is InChI=1S/C19H22N2O7S/c1-12(18(22)20-14-7-5-13(6-8-14)19(23)28-4)21-29(24,25)15-9-10-16(26-2)17(11-15)27-3/h5-12,21H,1-4H3,(H,20,22)/t12-/m0/s1. The molecule has 0 aromatic heterocycles. The molecule has 2 N–H and O–H groups in total. The average Bonchev–Trinajstić information content (AvgIpc) is 2.72. The normalized spacial score (nSPS) is 12.0. The van der Waals surface area contributed by atoms with Crippen LogP contribution in [0.3, 0.4) is 0 Å². The summed E-state index contributed by atoms with van der Waals surface area (Å²) in [6.45, 7) is 1.41. The summed E-state index contributed by atoms with van der Waals surface area (Å²) in [5, 5.41) is 2.58. The molecule has 0 unspecified atom stereocenters. The van der Waals surface area contributed by atoms with E-state index in [-0.39, 0.29) is 10.6 Å². The van der Waals surface area contributed by atoms with Crippen molar-refractivity contribution in [1.82, 2.24) is 4.72 Å². The minimum atomic E-state index is -3.98. The van der Waals surface area contributed by atoms with E-state index in [0.29, 0.717) is 17.0 Å². The molecular weight excluding hydrogens is 400 g/mol. The number of sulfonamides is 1. The predicted molar refractivity (Wildman–Crippen MR) is 106 cm³/mol. The first-order chi connectivity index (χ1) is 13.7. The summed E-state index contributed by atoms with van der Waals surface area (Å²) in [6.07, 6.45) is 0. The SMILES string of the molecule is COC(=O)c1ccc(NC(=O)[C@H](C)NS(=O)(=O)c2ccc(OC)c(OC)c2)cc1. The minimum absolute atomic E-state index is 0.0720. The Morgan fingerprint density at radius 1 is 0.931 bits per heavy atom.